The molecule has 0 unspecified atom stereocenters. The molecule has 0 saturated carbocycles. The summed E-state index contributed by atoms with van der Waals surface area (Å²) in [5, 5.41) is 0. The van der Waals surface area contributed by atoms with Crippen LogP contribution in [-0.2, 0) is 6.42 Å². The second kappa shape index (κ2) is 3.19. The average molecular weight is 151 g/mol. The van der Waals surface area contributed by atoms with Crippen molar-refractivity contribution in [2.75, 3.05) is 0 Å². The van der Waals surface area contributed by atoms with E-state index in [9.17, 15) is 4.39 Å². The summed E-state index contributed by atoms with van der Waals surface area (Å²) < 4.78 is 12.4. The molecule has 1 aromatic rings. The highest BCUT2D eigenvalue weighted by Gasteiger charge is 1.93. The molecule has 2 heteroatoms. The summed E-state index contributed by atoms with van der Waals surface area (Å²) in [5.41, 5.74) is 6.95. The number of allylic oxidation sites excluding steroid dienone is 1. The van der Waals surface area contributed by atoms with Crippen molar-refractivity contribution >= 4 is 0 Å². The predicted molar refractivity (Wildman–Crippen MR) is 43.4 cm³/mol. The van der Waals surface area contributed by atoms with Crippen molar-refractivity contribution in [1.29, 1.82) is 0 Å². The first kappa shape index (κ1) is 7.79. The summed E-state index contributed by atoms with van der Waals surface area (Å²) in [5.74, 6) is -0.226. The van der Waals surface area contributed by atoms with E-state index in [0.717, 1.165) is 5.56 Å². The van der Waals surface area contributed by atoms with E-state index in [1.807, 2.05) is 0 Å². The second-order valence-corrected chi connectivity index (χ2v) is 2.46. The minimum absolute atomic E-state index is 0.226. The van der Waals surface area contributed by atoms with Crippen LogP contribution in [0, 0.1) is 5.82 Å². The maximum atomic E-state index is 12.4. The standard InChI is InChI=1S/C9H10FN/c1-7(11)6-8-2-4-9(10)5-3-8/h2-5H,1,6,11H2. The fourth-order valence-electron chi connectivity index (χ4n) is 0.864. The van der Waals surface area contributed by atoms with Gasteiger partial charge in [0.2, 0.25) is 0 Å². The smallest absolute Gasteiger partial charge is 0.123 e. The van der Waals surface area contributed by atoms with Gasteiger partial charge in [0.15, 0.2) is 0 Å². The van der Waals surface area contributed by atoms with Gasteiger partial charge in [-0.3, -0.25) is 0 Å². The van der Waals surface area contributed by atoms with Crippen LogP contribution in [0.4, 0.5) is 4.39 Å². The van der Waals surface area contributed by atoms with Crippen LogP contribution in [0.2, 0.25) is 0 Å². The summed E-state index contributed by atoms with van der Waals surface area (Å²) in [7, 11) is 0. The molecule has 0 amide bonds. The van der Waals surface area contributed by atoms with Crippen LogP contribution in [0.25, 0.3) is 0 Å². The van der Waals surface area contributed by atoms with Gasteiger partial charge in [0, 0.05) is 12.1 Å². The third kappa shape index (κ3) is 2.42. The van der Waals surface area contributed by atoms with Crippen molar-refractivity contribution in [2.24, 2.45) is 5.73 Å². The molecular formula is C9H10FN. The number of benzene rings is 1. The van der Waals surface area contributed by atoms with Crippen molar-refractivity contribution in [3.05, 3.63) is 47.9 Å². The quantitative estimate of drug-likeness (QED) is 0.685. The molecule has 0 aliphatic heterocycles. The van der Waals surface area contributed by atoms with Crippen molar-refractivity contribution in [3.63, 3.8) is 0 Å². The summed E-state index contributed by atoms with van der Waals surface area (Å²) in [4.78, 5) is 0. The van der Waals surface area contributed by atoms with Gasteiger partial charge in [-0.25, -0.2) is 4.39 Å². The van der Waals surface area contributed by atoms with Crippen LogP contribution in [-0.4, -0.2) is 0 Å². The number of hydrogen-bond acceptors (Lipinski definition) is 1. The van der Waals surface area contributed by atoms with Crippen LogP contribution in [0.1, 0.15) is 5.56 Å². The highest BCUT2D eigenvalue weighted by molar-refractivity contribution is 5.20. The minimum Gasteiger partial charge on any atom is -0.402 e. The van der Waals surface area contributed by atoms with Crippen LogP contribution in [0.5, 0.6) is 0 Å². The summed E-state index contributed by atoms with van der Waals surface area (Å²) in [6.07, 6.45) is 0.611. The van der Waals surface area contributed by atoms with Crippen molar-refractivity contribution in [3.8, 4) is 0 Å². The molecule has 0 saturated heterocycles. The van der Waals surface area contributed by atoms with E-state index in [1.54, 1.807) is 12.1 Å². The molecule has 0 fully saturated rings. The fourth-order valence-corrected chi connectivity index (χ4v) is 0.864. The molecule has 0 aliphatic carbocycles. The largest absolute Gasteiger partial charge is 0.402 e. The van der Waals surface area contributed by atoms with Gasteiger partial charge in [0.1, 0.15) is 5.82 Å². The molecule has 0 bridgehead atoms. The van der Waals surface area contributed by atoms with E-state index in [-0.39, 0.29) is 5.82 Å². The first-order valence-electron chi connectivity index (χ1n) is 3.36. The molecule has 0 aromatic heterocycles. The number of halogens is 1. The lowest BCUT2D eigenvalue weighted by Gasteiger charge is -1.98. The highest BCUT2D eigenvalue weighted by atomic mass is 19.1. The van der Waals surface area contributed by atoms with E-state index < -0.39 is 0 Å². The Morgan fingerprint density at radius 1 is 1.36 bits per heavy atom. The Morgan fingerprint density at radius 2 is 1.91 bits per heavy atom. The summed E-state index contributed by atoms with van der Waals surface area (Å²) >= 11 is 0. The Balaban J connectivity index is 2.74. The van der Waals surface area contributed by atoms with Crippen LogP contribution in [0.3, 0.4) is 0 Å². The van der Waals surface area contributed by atoms with Crippen LogP contribution in [0.15, 0.2) is 36.5 Å². The molecule has 1 rings (SSSR count). The van der Waals surface area contributed by atoms with E-state index in [4.69, 9.17) is 5.73 Å². The Kier molecular flexibility index (Phi) is 2.26. The van der Waals surface area contributed by atoms with Crippen molar-refractivity contribution < 1.29 is 4.39 Å². The maximum Gasteiger partial charge on any atom is 0.123 e. The zero-order valence-electron chi connectivity index (χ0n) is 6.18. The van der Waals surface area contributed by atoms with E-state index in [0.29, 0.717) is 12.1 Å². The van der Waals surface area contributed by atoms with Gasteiger partial charge in [-0.2, -0.15) is 0 Å². The minimum atomic E-state index is -0.226. The Hall–Kier alpha value is -1.31. The lowest BCUT2D eigenvalue weighted by molar-refractivity contribution is 0.627. The average Bonchev–Trinajstić information content (AvgIpc) is 1.93. The molecule has 0 heterocycles. The van der Waals surface area contributed by atoms with Gasteiger partial charge in [-0.1, -0.05) is 18.7 Å². The second-order valence-electron chi connectivity index (χ2n) is 2.46. The number of nitrogens with two attached hydrogens (primary N) is 1. The Labute approximate surface area is 65.3 Å². The zero-order chi connectivity index (χ0) is 8.27. The van der Waals surface area contributed by atoms with Crippen molar-refractivity contribution in [2.45, 2.75) is 6.42 Å². The van der Waals surface area contributed by atoms with E-state index in [1.165, 1.54) is 12.1 Å². The van der Waals surface area contributed by atoms with Gasteiger partial charge in [0.25, 0.3) is 0 Å². The topological polar surface area (TPSA) is 26.0 Å². The molecule has 0 atom stereocenters. The van der Waals surface area contributed by atoms with Gasteiger partial charge in [-0.05, 0) is 17.7 Å². The van der Waals surface area contributed by atoms with Crippen molar-refractivity contribution in [1.82, 2.24) is 0 Å². The van der Waals surface area contributed by atoms with Crippen LogP contribution >= 0.6 is 0 Å². The molecule has 2 N–H and O–H groups in total. The molecule has 11 heavy (non-hydrogen) atoms. The van der Waals surface area contributed by atoms with E-state index >= 15 is 0 Å². The zero-order valence-corrected chi connectivity index (χ0v) is 6.18. The van der Waals surface area contributed by atoms with Gasteiger partial charge in [-0.15, -0.1) is 0 Å². The lowest BCUT2D eigenvalue weighted by atomic mass is 10.1. The summed E-state index contributed by atoms with van der Waals surface area (Å²) in [6, 6.07) is 6.23. The molecule has 58 valence electrons. The first-order chi connectivity index (χ1) is 5.18. The molecule has 0 radical (unpaired) electrons. The predicted octanol–water partition coefficient (Wildman–Crippen LogP) is 1.84. The van der Waals surface area contributed by atoms with Gasteiger partial charge in [0.05, 0.1) is 0 Å². The molecular weight excluding hydrogens is 141 g/mol. The first-order valence-corrected chi connectivity index (χ1v) is 3.36. The molecule has 0 spiro atoms. The molecule has 0 aliphatic rings. The SMILES string of the molecule is C=C(N)Cc1ccc(F)cc1. The van der Waals surface area contributed by atoms with Crippen LogP contribution < -0.4 is 5.73 Å². The monoisotopic (exact) mass is 151 g/mol. The Morgan fingerprint density at radius 3 is 2.36 bits per heavy atom. The fraction of sp³-hybridized carbons (Fsp3) is 0.111. The lowest BCUT2D eigenvalue weighted by Crippen LogP contribution is -1.98. The Bertz CT molecular complexity index is 251. The maximum absolute atomic E-state index is 12.4. The van der Waals surface area contributed by atoms with Gasteiger partial charge >= 0.3 is 0 Å². The highest BCUT2D eigenvalue weighted by Crippen LogP contribution is 2.04. The molecule has 1 nitrogen and oxygen atoms in total. The number of rotatable bonds is 2. The molecule has 1 aromatic carbocycles. The summed E-state index contributed by atoms with van der Waals surface area (Å²) in [6.45, 7) is 3.56. The van der Waals surface area contributed by atoms with E-state index in [2.05, 4.69) is 6.58 Å². The normalized spacial score (nSPS) is 9.55. The number of hydrogen-bond donors (Lipinski definition) is 1. The third-order valence-corrected chi connectivity index (χ3v) is 1.34. The third-order valence-electron chi connectivity index (χ3n) is 1.34. The van der Waals surface area contributed by atoms with Gasteiger partial charge < -0.3 is 5.73 Å².